The van der Waals surface area contributed by atoms with E-state index in [1.54, 1.807) is 24.3 Å². The molecule has 0 amide bonds. The molecule has 0 radical (unpaired) electrons. The van der Waals surface area contributed by atoms with Gasteiger partial charge in [0.15, 0.2) is 11.5 Å². The molecule has 0 aromatic heterocycles. The average molecular weight is 963 g/mol. The van der Waals surface area contributed by atoms with Gasteiger partial charge in [0.2, 0.25) is 0 Å². The normalized spacial score (nSPS) is 11.4. The van der Waals surface area contributed by atoms with Gasteiger partial charge in [0, 0.05) is 6.07 Å². The van der Waals surface area contributed by atoms with Gasteiger partial charge in [0.05, 0.1) is 9.79 Å². The van der Waals surface area contributed by atoms with E-state index in [4.69, 9.17) is 9.47 Å². The smallest absolute Gasteiger partial charge is 0.870 e. The number of phenols is 1. The second kappa shape index (κ2) is 33.6. The van der Waals surface area contributed by atoms with Gasteiger partial charge >= 0.3 is 37.7 Å². The zero-order valence-corrected chi connectivity index (χ0v) is 43.0. The van der Waals surface area contributed by atoms with E-state index in [1.807, 2.05) is 12.1 Å². The number of aromatic hydroxyl groups is 1. The fourth-order valence-electron chi connectivity index (χ4n) is 7.70. The largest absolute Gasteiger partial charge is 2.00 e. The van der Waals surface area contributed by atoms with E-state index >= 15 is 0 Å². The van der Waals surface area contributed by atoms with Gasteiger partial charge in [0.1, 0.15) is 27.4 Å². The zero-order valence-electron chi connectivity index (χ0n) is 39.2. The third kappa shape index (κ3) is 24.7. The molecule has 0 spiro atoms. The van der Waals surface area contributed by atoms with Crippen LogP contribution in [0.2, 0.25) is 0 Å². The number of phenolic OH excluding ortho intramolecular Hbond substituents is 1. The van der Waals surface area contributed by atoms with Gasteiger partial charge in [-0.3, -0.25) is 4.55 Å². The number of para-hydroxylation sites is 2. The van der Waals surface area contributed by atoms with Crippen molar-refractivity contribution in [1.29, 1.82) is 0 Å². The van der Waals surface area contributed by atoms with Crippen molar-refractivity contribution in [2.24, 2.45) is 0 Å². The fourth-order valence-corrected chi connectivity index (χ4v) is 8.72. The number of benzene rings is 4. The summed E-state index contributed by atoms with van der Waals surface area (Å²) in [6.07, 6.45) is 32.1. The topological polar surface area (TPSA) is 173 Å². The van der Waals surface area contributed by atoms with Crippen molar-refractivity contribution in [3.63, 3.8) is 0 Å². The van der Waals surface area contributed by atoms with Crippen LogP contribution in [0.5, 0.6) is 34.5 Å². The number of rotatable bonds is 32. The summed E-state index contributed by atoms with van der Waals surface area (Å²) in [5.74, 6) is 0.716. The van der Waals surface area contributed by atoms with Crippen LogP contribution in [-0.2, 0) is 33.1 Å². The first-order valence-corrected chi connectivity index (χ1v) is 26.8. The van der Waals surface area contributed by atoms with Gasteiger partial charge in [0.25, 0.3) is 10.1 Å². The zero-order chi connectivity index (χ0) is 46.5. The Balaban J connectivity index is 0.000000440. The molecule has 4 rings (SSSR count). The van der Waals surface area contributed by atoms with E-state index < -0.39 is 20.2 Å². The van der Waals surface area contributed by atoms with Crippen molar-refractivity contribution in [3.8, 4) is 34.5 Å². The molecular formula is C52H74CaO10S2. The first kappa shape index (κ1) is 58.3. The van der Waals surface area contributed by atoms with Gasteiger partial charge < -0.3 is 24.2 Å². The molecule has 0 saturated carbocycles. The summed E-state index contributed by atoms with van der Waals surface area (Å²) in [4.78, 5) is -0.617. The van der Waals surface area contributed by atoms with E-state index in [-0.39, 0.29) is 76.3 Å². The monoisotopic (exact) mass is 962 g/mol. The minimum Gasteiger partial charge on any atom is -0.870 e. The molecule has 0 heterocycles. The van der Waals surface area contributed by atoms with Crippen molar-refractivity contribution in [2.45, 2.75) is 191 Å². The van der Waals surface area contributed by atoms with Crippen LogP contribution in [0, 0.1) is 0 Å². The molecule has 0 saturated heterocycles. The Morgan fingerprint density at radius 3 is 1.26 bits per heavy atom. The summed E-state index contributed by atoms with van der Waals surface area (Å²) < 4.78 is 77.2. The van der Waals surface area contributed by atoms with E-state index in [2.05, 4.69) is 13.8 Å². The van der Waals surface area contributed by atoms with Crippen LogP contribution in [0.15, 0.2) is 94.7 Å². The summed E-state index contributed by atoms with van der Waals surface area (Å²) in [5, 5.41) is 22.6. The Kier molecular flexibility index (Phi) is 30.1. The van der Waals surface area contributed by atoms with Crippen LogP contribution in [0.3, 0.4) is 0 Å². The maximum Gasteiger partial charge on any atom is 2.00 e. The third-order valence-electron chi connectivity index (χ3n) is 11.4. The third-order valence-corrected chi connectivity index (χ3v) is 13.1. The molecule has 65 heavy (non-hydrogen) atoms. The Bertz CT molecular complexity index is 1970. The van der Waals surface area contributed by atoms with E-state index in [0.717, 1.165) is 55.7 Å². The molecule has 0 aliphatic carbocycles. The van der Waals surface area contributed by atoms with Crippen molar-refractivity contribution in [2.75, 3.05) is 0 Å². The summed E-state index contributed by atoms with van der Waals surface area (Å²) in [6.45, 7) is 4.49. The molecule has 0 aliphatic rings. The average Bonchev–Trinajstić information content (AvgIpc) is 3.26. The molecule has 4 aromatic rings. The van der Waals surface area contributed by atoms with Crippen LogP contribution in [0.4, 0.5) is 0 Å². The van der Waals surface area contributed by atoms with E-state index in [1.165, 1.54) is 171 Å². The molecule has 0 fully saturated rings. The SMILES string of the molecule is CCCCCCCCCCCCCCc1cccc(O)c1Oc1cccc(S(=O)(=O)O)c1.CCCCCCCCCCCCCCc1cccc([O-])c1Oc1cccc(S(=O)(=O)[O-])c1.[Ca+2]. The second-order valence-corrected chi connectivity index (χ2v) is 19.7. The number of aryl methyl sites for hydroxylation is 2. The number of hydrogen-bond donors (Lipinski definition) is 2. The standard InChI is InChI=1S/2C26H38O5S.Ca/c2*1-2-3-4-5-6-7-8-9-10-11-12-13-16-22-17-14-20-25(27)26(22)31-23-18-15-19-24(21-23)32(28,29)30;/h2*14-15,17-21,27H,2-13,16H2,1H3,(H,28,29,30);/q;;+2/p-2. The van der Waals surface area contributed by atoms with Crippen LogP contribution >= 0.6 is 0 Å². The van der Waals surface area contributed by atoms with Gasteiger partial charge in [-0.1, -0.05) is 203 Å². The maximum absolute atomic E-state index is 12.3. The Morgan fingerprint density at radius 2 is 0.831 bits per heavy atom. The molecule has 0 unspecified atom stereocenters. The molecule has 4 aromatic carbocycles. The molecule has 10 nitrogen and oxygen atoms in total. The van der Waals surface area contributed by atoms with Gasteiger partial charge in [-0.2, -0.15) is 8.42 Å². The van der Waals surface area contributed by atoms with E-state index in [9.17, 15) is 36.2 Å². The summed E-state index contributed by atoms with van der Waals surface area (Å²) in [7, 11) is -8.90. The minimum absolute atomic E-state index is 0. The quantitative estimate of drug-likeness (QED) is 0.0272. The molecule has 0 aliphatic heterocycles. The van der Waals surface area contributed by atoms with Gasteiger partial charge in [-0.25, -0.2) is 8.42 Å². The van der Waals surface area contributed by atoms with Crippen LogP contribution in [0.25, 0.3) is 0 Å². The van der Waals surface area contributed by atoms with Crippen LogP contribution in [-0.4, -0.2) is 68.8 Å². The molecule has 0 atom stereocenters. The van der Waals surface area contributed by atoms with Crippen LogP contribution in [0.1, 0.15) is 179 Å². The summed E-state index contributed by atoms with van der Waals surface area (Å²) in [6, 6.07) is 21.2. The molecular weight excluding hydrogens is 889 g/mol. The van der Waals surface area contributed by atoms with E-state index in [0.29, 0.717) is 5.75 Å². The van der Waals surface area contributed by atoms with Crippen molar-refractivity contribution < 1.29 is 45.6 Å². The summed E-state index contributed by atoms with van der Waals surface area (Å²) >= 11 is 0. The molecule has 356 valence electrons. The Morgan fingerprint density at radius 1 is 0.477 bits per heavy atom. The number of unbranched alkanes of at least 4 members (excludes halogenated alkanes) is 22. The Labute approximate surface area is 421 Å². The predicted octanol–water partition coefficient (Wildman–Crippen LogP) is 14.0. The van der Waals surface area contributed by atoms with Gasteiger partial charge in [-0.05, 0) is 73.2 Å². The predicted molar refractivity (Wildman–Crippen MR) is 260 cm³/mol. The maximum atomic E-state index is 12.3. The first-order valence-electron chi connectivity index (χ1n) is 23.9. The number of ether oxygens (including phenoxy) is 2. The van der Waals surface area contributed by atoms with Crippen LogP contribution < -0.4 is 14.6 Å². The van der Waals surface area contributed by atoms with Crippen molar-refractivity contribution in [1.82, 2.24) is 0 Å². The van der Waals surface area contributed by atoms with Gasteiger partial charge in [-0.15, -0.1) is 0 Å². The summed E-state index contributed by atoms with van der Waals surface area (Å²) in [5.41, 5.74) is 1.69. The van der Waals surface area contributed by atoms with Crippen molar-refractivity contribution in [3.05, 3.63) is 96.1 Å². The molecule has 13 heteroatoms. The molecule has 2 N–H and O–H groups in total. The first-order chi connectivity index (χ1) is 30.8. The fraction of sp³-hybridized carbons (Fsp3) is 0.538. The number of hydrogen-bond acceptors (Lipinski definition) is 9. The van der Waals surface area contributed by atoms with Crippen molar-refractivity contribution >= 4 is 58.0 Å². The minimum atomic E-state index is -4.58. The second-order valence-electron chi connectivity index (χ2n) is 16.9. The Hall–Kier alpha value is -2.84. The molecule has 0 bridgehead atoms.